The van der Waals surface area contributed by atoms with Crippen molar-refractivity contribution in [2.75, 3.05) is 13.7 Å². The number of nitrogens with zero attached hydrogens (tertiary/aromatic N) is 3. The molecule has 1 atom stereocenters. The van der Waals surface area contributed by atoms with Crippen LogP contribution in [0.15, 0.2) is 60.0 Å². The molecule has 3 aromatic rings. The van der Waals surface area contributed by atoms with Crippen LogP contribution >= 0.6 is 0 Å². The van der Waals surface area contributed by atoms with Gasteiger partial charge in [-0.2, -0.15) is 0 Å². The zero-order valence-corrected chi connectivity index (χ0v) is 18.5. The Bertz CT molecular complexity index is 1190. The van der Waals surface area contributed by atoms with Crippen molar-refractivity contribution in [1.29, 1.82) is 0 Å². The highest BCUT2D eigenvalue weighted by Crippen LogP contribution is 2.51. The normalized spacial score (nSPS) is 19.0. The highest BCUT2D eigenvalue weighted by atomic mass is 16.5. The number of fused-ring (bicyclic) bond motifs is 4. The summed E-state index contributed by atoms with van der Waals surface area (Å²) in [6.45, 7) is 4.48. The highest BCUT2D eigenvalue weighted by molar-refractivity contribution is 5.77. The molecule has 2 aromatic heterocycles. The number of rotatable bonds is 5. The van der Waals surface area contributed by atoms with Crippen molar-refractivity contribution >= 4 is 6.02 Å². The van der Waals surface area contributed by atoms with Gasteiger partial charge in [0.05, 0.1) is 11.2 Å². The van der Waals surface area contributed by atoms with Crippen LogP contribution in [0.4, 0.5) is 0 Å². The molecule has 164 valence electrons. The van der Waals surface area contributed by atoms with Gasteiger partial charge in [-0.3, -0.25) is 4.98 Å². The van der Waals surface area contributed by atoms with Crippen LogP contribution < -0.4 is 10.5 Å². The van der Waals surface area contributed by atoms with Crippen LogP contribution in [0.1, 0.15) is 37.0 Å². The van der Waals surface area contributed by atoms with Gasteiger partial charge in [-0.1, -0.05) is 12.1 Å². The minimum absolute atomic E-state index is 0.168. The molecule has 0 aliphatic carbocycles. The fourth-order valence-corrected chi connectivity index (χ4v) is 4.17. The van der Waals surface area contributed by atoms with Gasteiger partial charge in [0.15, 0.2) is 5.54 Å². The zero-order chi connectivity index (χ0) is 22.3. The Hall–Kier alpha value is -3.45. The lowest BCUT2D eigenvalue weighted by molar-refractivity contribution is 0.0158. The molecule has 0 saturated heterocycles. The molecule has 0 saturated carbocycles. The van der Waals surface area contributed by atoms with E-state index in [4.69, 9.17) is 24.9 Å². The molecule has 2 aliphatic rings. The van der Waals surface area contributed by atoms with Gasteiger partial charge in [0, 0.05) is 42.4 Å². The van der Waals surface area contributed by atoms with E-state index in [0.717, 1.165) is 40.8 Å². The minimum atomic E-state index is -0.801. The summed E-state index contributed by atoms with van der Waals surface area (Å²) in [5.41, 5.74) is 9.87. The van der Waals surface area contributed by atoms with Crippen LogP contribution in [-0.2, 0) is 21.4 Å². The summed E-state index contributed by atoms with van der Waals surface area (Å²) in [6, 6.07) is 12.3. The lowest BCUT2D eigenvalue weighted by Gasteiger charge is -2.33. The van der Waals surface area contributed by atoms with E-state index in [9.17, 15) is 0 Å². The summed E-state index contributed by atoms with van der Waals surface area (Å²) < 4.78 is 17.5. The van der Waals surface area contributed by atoms with Crippen LogP contribution in [-0.4, -0.2) is 35.3 Å². The molecule has 2 N–H and O–H groups in total. The number of pyridine rings is 2. The Balaban J connectivity index is 1.60. The van der Waals surface area contributed by atoms with Gasteiger partial charge in [0.25, 0.3) is 6.02 Å². The number of aryl methyl sites for hydroxylation is 1. The Morgan fingerprint density at radius 2 is 2.00 bits per heavy atom. The molecule has 1 aromatic carbocycles. The van der Waals surface area contributed by atoms with Gasteiger partial charge >= 0.3 is 0 Å². The van der Waals surface area contributed by atoms with Crippen LogP contribution in [0.25, 0.3) is 11.1 Å². The van der Waals surface area contributed by atoms with Crippen molar-refractivity contribution in [2.45, 2.75) is 37.8 Å². The predicted molar refractivity (Wildman–Crippen MR) is 122 cm³/mol. The number of benzene rings is 1. The van der Waals surface area contributed by atoms with Crippen molar-refractivity contribution in [2.24, 2.45) is 10.7 Å². The van der Waals surface area contributed by atoms with Crippen LogP contribution in [0.2, 0.25) is 0 Å². The van der Waals surface area contributed by atoms with Gasteiger partial charge in [0.2, 0.25) is 5.88 Å². The topological polar surface area (TPSA) is 91.9 Å². The third kappa shape index (κ3) is 3.48. The molecule has 0 bridgehead atoms. The maximum absolute atomic E-state index is 6.19. The van der Waals surface area contributed by atoms with E-state index in [0.29, 0.717) is 12.5 Å². The average molecular weight is 431 g/mol. The third-order valence-electron chi connectivity index (χ3n) is 6.29. The average Bonchev–Trinajstić information content (AvgIpc) is 3.21. The number of aromatic nitrogens is 2. The van der Waals surface area contributed by atoms with E-state index < -0.39 is 5.54 Å². The van der Waals surface area contributed by atoms with E-state index in [1.165, 1.54) is 5.56 Å². The van der Waals surface area contributed by atoms with Crippen molar-refractivity contribution in [3.63, 3.8) is 0 Å². The maximum Gasteiger partial charge on any atom is 0.283 e. The Morgan fingerprint density at radius 1 is 1.12 bits per heavy atom. The summed E-state index contributed by atoms with van der Waals surface area (Å²) in [4.78, 5) is 13.6. The van der Waals surface area contributed by atoms with Gasteiger partial charge in [0.1, 0.15) is 12.4 Å². The lowest BCUT2D eigenvalue weighted by atomic mass is 9.80. The Kier molecular flexibility index (Phi) is 4.86. The second-order valence-corrected chi connectivity index (χ2v) is 8.81. The quantitative estimate of drug-likeness (QED) is 0.652. The molecule has 4 heterocycles. The lowest BCUT2D eigenvalue weighted by Crippen LogP contribution is -2.31. The van der Waals surface area contributed by atoms with Gasteiger partial charge in [-0.25, -0.2) is 9.98 Å². The first-order valence-electron chi connectivity index (χ1n) is 10.7. The molecule has 1 unspecified atom stereocenters. The van der Waals surface area contributed by atoms with Crippen molar-refractivity contribution in [1.82, 2.24) is 9.97 Å². The summed E-state index contributed by atoms with van der Waals surface area (Å²) >= 11 is 0. The van der Waals surface area contributed by atoms with E-state index in [1.807, 2.05) is 24.4 Å². The summed E-state index contributed by atoms with van der Waals surface area (Å²) in [6.07, 6.45) is 7.11. The second-order valence-electron chi connectivity index (χ2n) is 8.81. The molecule has 0 fully saturated rings. The number of ether oxygens (including phenoxy) is 3. The number of amidine groups is 1. The van der Waals surface area contributed by atoms with E-state index in [1.54, 1.807) is 19.5 Å². The summed E-state index contributed by atoms with van der Waals surface area (Å²) in [5.74, 6) is 1.23. The zero-order valence-electron chi connectivity index (χ0n) is 18.5. The molecule has 0 radical (unpaired) electrons. The monoisotopic (exact) mass is 430 g/mol. The number of hydrogen-bond acceptors (Lipinski definition) is 7. The van der Waals surface area contributed by atoms with Crippen molar-refractivity contribution in [3.05, 3.63) is 71.7 Å². The fourth-order valence-electron chi connectivity index (χ4n) is 4.17. The molecule has 2 aliphatic heterocycles. The van der Waals surface area contributed by atoms with E-state index in [2.05, 4.69) is 42.0 Å². The first-order chi connectivity index (χ1) is 15.4. The SMILES string of the molecule is COC(C)(C)CCc1ccc2c(c1)C1(COC(N)=N1)c1cc(-c3cccnc3)cnc1O2. The largest absolute Gasteiger partial charge is 0.462 e. The maximum atomic E-state index is 6.19. The van der Waals surface area contributed by atoms with Crippen LogP contribution in [0.3, 0.4) is 0 Å². The van der Waals surface area contributed by atoms with E-state index in [-0.39, 0.29) is 11.6 Å². The van der Waals surface area contributed by atoms with Crippen LogP contribution in [0, 0.1) is 0 Å². The first kappa shape index (κ1) is 20.5. The minimum Gasteiger partial charge on any atom is -0.462 e. The van der Waals surface area contributed by atoms with E-state index >= 15 is 0 Å². The molecule has 7 heteroatoms. The van der Waals surface area contributed by atoms with Crippen molar-refractivity contribution in [3.8, 4) is 22.8 Å². The molecule has 1 spiro atoms. The number of aliphatic imine (C=N–C) groups is 1. The Morgan fingerprint density at radius 3 is 2.72 bits per heavy atom. The molecule has 32 heavy (non-hydrogen) atoms. The predicted octanol–water partition coefficient (Wildman–Crippen LogP) is 4.20. The number of hydrogen-bond donors (Lipinski definition) is 1. The van der Waals surface area contributed by atoms with Gasteiger partial charge in [-0.15, -0.1) is 0 Å². The first-order valence-corrected chi connectivity index (χ1v) is 10.7. The molecular weight excluding hydrogens is 404 g/mol. The molecular formula is C25H26N4O3. The van der Waals surface area contributed by atoms with Crippen molar-refractivity contribution < 1.29 is 14.2 Å². The highest BCUT2D eigenvalue weighted by Gasteiger charge is 2.47. The fraction of sp³-hybridized carbons (Fsp3) is 0.320. The second kappa shape index (κ2) is 7.60. The van der Waals surface area contributed by atoms with Gasteiger partial charge in [-0.05, 0) is 56.5 Å². The molecule has 5 rings (SSSR count). The molecule has 0 amide bonds. The summed E-state index contributed by atoms with van der Waals surface area (Å²) in [5, 5.41) is 0. The van der Waals surface area contributed by atoms with Gasteiger partial charge < -0.3 is 19.9 Å². The number of nitrogens with two attached hydrogens (primary N) is 1. The smallest absolute Gasteiger partial charge is 0.283 e. The summed E-state index contributed by atoms with van der Waals surface area (Å²) in [7, 11) is 1.74. The number of methoxy groups -OCH3 is 1. The molecule has 7 nitrogen and oxygen atoms in total. The Labute approximate surface area is 187 Å². The van der Waals surface area contributed by atoms with Crippen LogP contribution in [0.5, 0.6) is 11.6 Å². The standard InChI is InChI=1S/C25H26N4O3/c1-24(2,30-3)9-8-16-6-7-21-19(11-16)25(15-31-23(26)29-25)20-12-18(14-28-22(20)32-21)17-5-4-10-27-13-17/h4-7,10-14H,8-9,15H2,1-3H3,(H2,26,29). The third-order valence-corrected chi connectivity index (χ3v) is 6.29.